The van der Waals surface area contributed by atoms with Crippen LogP contribution >= 0.6 is 15.9 Å². The third-order valence-electron chi connectivity index (χ3n) is 2.64. The van der Waals surface area contributed by atoms with Gasteiger partial charge in [-0.1, -0.05) is 15.9 Å². The maximum atomic E-state index is 11.7. The summed E-state index contributed by atoms with van der Waals surface area (Å²) in [5.74, 6) is -0.0413. The summed E-state index contributed by atoms with van der Waals surface area (Å²) in [5.41, 5.74) is 0.880. The number of ketones is 1. The van der Waals surface area contributed by atoms with Gasteiger partial charge >= 0.3 is 5.97 Å². The molecule has 0 amide bonds. The molecule has 0 N–H and O–H groups in total. The number of carbonyl (C=O) groups excluding carboxylic acids is 2. The van der Waals surface area contributed by atoms with E-state index >= 15 is 0 Å². The topological polar surface area (TPSA) is 52.6 Å². The van der Waals surface area contributed by atoms with Gasteiger partial charge < -0.3 is 9.47 Å². The van der Waals surface area contributed by atoms with Gasteiger partial charge in [0.2, 0.25) is 0 Å². The van der Waals surface area contributed by atoms with E-state index in [0.717, 1.165) is 12.8 Å². The van der Waals surface area contributed by atoms with Crippen LogP contribution in [0.2, 0.25) is 0 Å². The van der Waals surface area contributed by atoms with E-state index in [1.807, 2.05) is 0 Å². The number of methoxy groups -OCH3 is 1. The number of hydrogen-bond acceptors (Lipinski definition) is 4. The predicted molar refractivity (Wildman–Crippen MR) is 69.6 cm³/mol. The van der Waals surface area contributed by atoms with Crippen LogP contribution < -0.4 is 4.74 Å². The number of ether oxygens (including phenoxy) is 2. The van der Waals surface area contributed by atoms with Crippen molar-refractivity contribution in [2.24, 2.45) is 0 Å². The lowest BCUT2D eigenvalue weighted by Crippen LogP contribution is -2.09. The summed E-state index contributed by atoms with van der Waals surface area (Å²) in [6.07, 6.45) is 2.15. The summed E-state index contributed by atoms with van der Waals surface area (Å²) in [6, 6.07) is 4.75. The molecular formula is C13H13BrO4. The van der Waals surface area contributed by atoms with Gasteiger partial charge in [0.1, 0.15) is 5.75 Å². The first kappa shape index (κ1) is 13.1. The molecule has 1 aromatic carbocycles. The maximum absolute atomic E-state index is 11.7. The van der Waals surface area contributed by atoms with Crippen LogP contribution in [0.1, 0.15) is 33.6 Å². The Hall–Kier alpha value is -1.36. The van der Waals surface area contributed by atoms with Gasteiger partial charge in [-0.15, -0.1) is 0 Å². The van der Waals surface area contributed by atoms with Crippen LogP contribution in [0.25, 0.3) is 0 Å². The minimum absolute atomic E-state index is 0.0675. The summed E-state index contributed by atoms with van der Waals surface area (Å²) >= 11 is 3.13. The highest BCUT2D eigenvalue weighted by molar-refractivity contribution is 9.09. The van der Waals surface area contributed by atoms with Crippen molar-refractivity contribution in [1.82, 2.24) is 0 Å². The van der Waals surface area contributed by atoms with Crippen LogP contribution in [0, 0.1) is 0 Å². The van der Waals surface area contributed by atoms with E-state index in [-0.39, 0.29) is 17.2 Å². The molecule has 0 atom stereocenters. The van der Waals surface area contributed by atoms with Crippen molar-refractivity contribution in [3.05, 3.63) is 29.3 Å². The molecule has 5 heteroatoms. The van der Waals surface area contributed by atoms with Crippen LogP contribution in [0.15, 0.2) is 18.2 Å². The third kappa shape index (κ3) is 2.90. The second kappa shape index (κ2) is 5.52. The average Bonchev–Trinajstić information content (AvgIpc) is 3.20. The molecule has 0 bridgehead atoms. The lowest BCUT2D eigenvalue weighted by atomic mass is 10.1. The Kier molecular flexibility index (Phi) is 4.01. The van der Waals surface area contributed by atoms with Crippen molar-refractivity contribution in [1.29, 1.82) is 0 Å². The summed E-state index contributed by atoms with van der Waals surface area (Å²) < 4.78 is 10.3. The van der Waals surface area contributed by atoms with Crippen LogP contribution in [-0.4, -0.2) is 30.3 Å². The van der Waals surface area contributed by atoms with Gasteiger partial charge in [0.15, 0.2) is 5.78 Å². The maximum Gasteiger partial charge on any atom is 0.337 e. The van der Waals surface area contributed by atoms with Crippen molar-refractivity contribution < 1.29 is 19.1 Å². The Balaban J connectivity index is 2.33. The molecule has 96 valence electrons. The number of esters is 1. The Morgan fingerprint density at radius 3 is 2.67 bits per heavy atom. The van der Waals surface area contributed by atoms with Gasteiger partial charge in [0, 0.05) is 0 Å². The number of rotatable bonds is 5. The second-order valence-corrected chi connectivity index (χ2v) is 4.64. The second-order valence-electron chi connectivity index (χ2n) is 4.08. The summed E-state index contributed by atoms with van der Waals surface area (Å²) in [5, 5.41) is 0.228. The van der Waals surface area contributed by atoms with E-state index in [4.69, 9.17) is 4.74 Å². The Labute approximate surface area is 113 Å². The molecule has 0 saturated heterocycles. The fourth-order valence-electron chi connectivity index (χ4n) is 1.53. The number of benzene rings is 1. The van der Waals surface area contributed by atoms with Gasteiger partial charge in [-0.05, 0) is 31.0 Å². The van der Waals surface area contributed by atoms with E-state index in [1.54, 1.807) is 18.2 Å². The molecular weight excluding hydrogens is 300 g/mol. The Morgan fingerprint density at radius 2 is 2.11 bits per heavy atom. The van der Waals surface area contributed by atoms with Crippen LogP contribution in [0.5, 0.6) is 5.75 Å². The first-order chi connectivity index (χ1) is 8.65. The molecule has 0 aliphatic heterocycles. The number of Topliss-reactive ketones (excluding diaryl/α,β-unsaturated/α-hetero) is 1. The SMILES string of the molecule is COC(=O)c1ccc(C(=O)CBr)c(OC2CC2)c1. The highest BCUT2D eigenvalue weighted by Crippen LogP contribution is 2.30. The van der Waals surface area contributed by atoms with Gasteiger partial charge in [-0.25, -0.2) is 4.79 Å². The van der Waals surface area contributed by atoms with Crippen molar-refractivity contribution >= 4 is 27.7 Å². The molecule has 0 unspecified atom stereocenters. The van der Waals surface area contributed by atoms with Gasteiger partial charge in [-0.2, -0.15) is 0 Å². The molecule has 0 aromatic heterocycles. The first-order valence-corrected chi connectivity index (χ1v) is 6.76. The smallest absolute Gasteiger partial charge is 0.337 e. The average molecular weight is 313 g/mol. The van der Waals surface area contributed by atoms with Crippen molar-refractivity contribution in [3.8, 4) is 5.75 Å². The van der Waals surface area contributed by atoms with E-state index in [0.29, 0.717) is 16.9 Å². The zero-order chi connectivity index (χ0) is 13.1. The largest absolute Gasteiger partial charge is 0.490 e. The van der Waals surface area contributed by atoms with Crippen LogP contribution in [0.4, 0.5) is 0 Å². The highest BCUT2D eigenvalue weighted by Gasteiger charge is 2.26. The molecule has 1 aromatic rings. The van der Waals surface area contributed by atoms with Gasteiger partial charge in [-0.3, -0.25) is 4.79 Å². The Morgan fingerprint density at radius 1 is 1.39 bits per heavy atom. The highest BCUT2D eigenvalue weighted by atomic mass is 79.9. The molecule has 1 aliphatic carbocycles. The number of hydrogen-bond donors (Lipinski definition) is 0. The molecule has 18 heavy (non-hydrogen) atoms. The van der Waals surface area contributed by atoms with E-state index in [1.165, 1.54) is 7.11 Å². The fraction of sp³-hybridized carbons (Fsp3) is 0.385. The van der Waals surface area contributed by atoms with Gasteiger partial charge in [0.25, 0.3) is 0 Å². The lowest BCUT2D eigenvalue weighted by Gasteiger charge is -2.10. The summed E-state index contributed by atoms with van der Waals surface area (Å²) in [4.78, 5) is 23.2. The number of alkyl halides is 1. The standard InChI is InChI=1S/C13H13BrO4/c1-17-13(16)8-2-5-10(11(15)7-14)12(6-8)18-9-3-4-9/h2,5-6,9H,3-4,7H2,1H3. The fourth-order valence-corrected chi connectivity index (χ4v) is 1.83. The molecule has 1 aliphatic rings. The van der Waals surface area contributed by atoms with E-state index in [9.17, 15) is 9.59 Å². The van der Waals surface area contributed by atoms with E-state index < -0.39 is 5.97 Å². The molecule has 2 rings (SSSR count). The van der Waals surface area contributed by atoms with Crippen LogP contribution in [-0.2, 0) is 4.74 Å². The monoisotopic (exact) mass is 312 g/mol. The summed E-state index contributed by atoms with van der Waals surface area (Å²) in [7, 11) is 1.32. The third-order valence-corrected chi connectivity index (χ3v) is 3.15. The van der Waals surface area contributed by atoms with Crippen LogP contribution in [0.3, 0.4) is 0 Å². The lowest BCUT2D eigenvalue weighted by molar-refractivity contribution is 0.0599. The van der Waals surface area contributed by atoms with Gasteiger partial charge in [0.05, 0.1) is 29.7 Å². The minimum atomic E-state index is -0.437. The van der Waals surface area contributed by atoms with Crippen molar-refractivity contribution in [2.75, 3.05) is 12.4 Å². The molecule has 0 spiro atoms. The quantitative estimate of drug-likeness (QED) is 0.476. The zero-order valence-corrected chi connectivity index (χ0v) is 11.5. The zero-order valence-electron chi connectivity index (χ0n) is 9.94. The first-order valence-electron chi connectivity index (χ1n) is 5.64. The number of carbonyl (C=O) groups is 2. The van der Waals surface area contributed by atoms with E-state index in [2.05, 4.69) is 20.7 Å². The molecule has 4 nitrogen and oxygen atoms in total. The summed E-state index contributed by atoms with van der Waals surface area (Å²) in [6.45, 7) is 0. The predicted octanol–water partition coefficient (Wildman–Crippen LogP) is 2.59. The van der Waals surface area contributed by atoms with Crippen molar-refractivity contribution in [3.63, 3.8) is 0 Å². The molecule has 0 heterocycles. The normalized spacial score (nSPS) is 14.1. The molecule has 1 saturated carbocycles. The minimum Gasteiger partial charge on any atom is -0.490 e. The number of halogens is 1. The molecule has 0 radical (unpaired) electrons. The Bertz CT molecular complexity index is 480. The van der Waals surface area contributed by atoms with Crippen molar-refractivity contribution in [2.45, 2.75) is 18.9 Å². The molecule has 1 fully saturated rings.